The van der Waals surface area contributed by atoms with Gasteiger partial charge in [0.2, 0.25) is 0 Å². The number of carbonyl (C=O) groups excluding carboxylic acids is 2. The van der Waals surface area contributed by atoms with Crippen LogP contribution in [0.2, 0.25) is 0 Å². The van der Waals surface area contributed by atoms with Gasteiger partial charge in [-0.1, -0.05) is 162 Å². The average Bonchev–Trinajstić information content (AvgIpc) is 3.19. The maximum Gasteiger partial charge on any atom is 0.405 e. The number of esters is 2. The lowest BCUT2D eigenvalue weighted by Crippen LogP contribution is -2.21. The number of hydrogen-bond donors (Lipinski definition) is 1. The van der Waals surface area contributed by atoms with Crippen LogP contribution in [0.4, 0.5) is 0 Å². The zero-order chi connectivity index (χ0) is 41.9. The maximum absolute atomic E-state index is 13.5. The lowest BCUT2D eigenvalue weighted by Gasteiger charge is -2.20. The van der Waals surface area contributed by atoms with Gasteiger partial charge in [-0.2, -0.15) is 0 Å². The van der Waals surface area contributed by atoms with E-state index in [2.05, 4.69) is 30.8 Å². The van der Waals surface area contributed by atoms with Crippen LogP contribution in [0.25, 0.3) is 0 Å². The molecule has 0 aliphatic carbocycles. The summed E-state index contributed by atoms with van der Waals surface area (Å²) < 4.78 is 36.7. The quantitative estimate of drug-likeness (QED) is 0.0365. The number of nitrogens with one attached hydrogen (secondary N) is 1. The SMILES string of the molecule is CCCCCCCCCOC(=O)CCCCCCCOP(=O)(NCCCN(C)C)OCCCCCCCC(=O)OC(CCCCCCCC)CCCCCCCC. The van der Waals surface area contributed by atoms with Crippen LogP contribution >= 0.6 is 7.75 Å². The van der Waals surface area contributed by atoms with Gasteiger partial charge in [0.1, 0.15) is 6.10 Å². The molecule has 0 heterocycles. The van der Waals surface area contributed by atoms with E-state index in [1.807, 2.05) is 14.1 Å². The summed E-state index contributed by atoms with van der Waals surface area (Å²) in [5.41, 5.74) is 0. The van der Waals surface area contributed by atoms with Gasteiger partial charge in [0.05, 0.1) is 19.8 Å². The van der Waals surface area contributed by atoms with Gasteiger partial charge in [-0.3, -0.25) is 18.6 Å². The summed E-state index contributed by atoms with van der Waals surface area (Å²) in [6, 6.07) is 0. The molecule has 57 heavy (non-hydrogen) atoms. The van der Waals surface area contributed by atoms with E-state index in [1.54, 1.807) is 0 Å². The van der Waals surface area contributed by atoms with E-state index in [4.69, 9.17) is 18.5 Å². The van der Waals surface area contributed by atoms with E-state index in [9.17, 15) is 14.2 Å². The standard InChI is InChI=1S/C47H95N2O7P/c1-6-9-12-15-18-25-32-42-53-46(50)38-30-23-19-26-33-43-54-57(52,48-40-35-41-49(4)5)55-44-34-27-20-24-31-39-47(51)56-45(36-28-21-16-13-10-7-2)37-29-22-17-14-11-8-3/h45H,6-44H2,1-5H3,(H,48,52). The third-order valence-corrected chi connectivity index (χ3v) is 12.4. The number of hydrogen-bond acceptors (Lipinski definition) is 8. The molecule has 0 aliphatic rings. The molecule has 0 aliphatic heterocycles. The Kier molecular flexibility index (Phi) is 42.4. The molecule has 0 saturated carbocycles. The Morgan fingerprint density at radius 1 is 0.491 bits per heavy atom. The van der Waals surface area contributed by atoms with Gasteiger partial charge < -0.3 is 14.4 Å². The van der Waals surface area contributed by atoms with Gasteiger partial charge in [-0.25, -0.2) is 9.65 Å². The molecule has 0 saturated heterocycles. The predicted octanol–water partition coefficient (Wildman–Crippen LogP) is 14.1. The van der Waals surface area contributed by atoms with Crippen LogP contribution in [-0.2, 0) is 32.7 Å². The Labute approximate surface area is 353 Å². The molecule has 0 fully saturated rings. The second-order valence-electron chi connectivity index (χ2n) is 16.8. The number of ether oxygens (including phenoxy) is 2. The molecule has 0 rings (SSSR count). The maximum atomic E-state index is 13.5. The molecule has 0 radical (unpaired) electrons. The summed E-state index contributed by atoms with van der Waals surface area (Å²) >= 11 is 0. The third-order valence-electron chi connectivity index (χ3n) is 10.7. The molecule has 0 spiro atoms. The summed E-state index contributed by atoms with van der Waals surface area (Å²) in [7, 11) is 0.670. The van der Waals surface area contributed by atoms with E-state index in [-0.39, 0.29) is 18.0 Å². The van der Waals surface area contributed by atoms with Crippen LogP contribution in [0, 0.1) is 0 Å². The van der Waals surface area contributed by atoms with Crippen LogP contribution < -0.4 is 5.09 Å². The van der Waals surface area contributed by atoms with Crippen molar-refractivity contribution in [2.24, 2.45) is 0 Å². The predicted molar refractivity (Wildman–Crippen MR) is 241 cm³/mol. The summed E-state index contributed by atoms with van der Waals surface area (Å²) in [5.74, 6) is -0.114. The normalized spacial score (nSPS) is 12.8. The van der Waals surface area contributed by atoms with E-state index < -0.39 is 7.75 Å². The van der Waals surface area contributed by atoms with Crippen molar-refractivity contribution in [2.75, 3.05) is 47.0 Å². The van der Waals surface area contributed by atoms with E-state index in [0.29, 0.717) is 39.2 Å². The minimum absolute atomic E-state index is 0.0345. The first-order valence-corrected chi connectivity index (χ1v) is 25.9. The molecular weight excluding hydrogens is 735 g/mol. The van der Waals surface area contributed by atoms with Gasteiger partial charge >= 0.3 is 19.7 Å². The highest BCUT2D eigenvalue weighted by Gasteiger charge is 2.23. The fourth-order valence-corrected chi connectivity index (χ4v) is 8.47. The molecular formula is C47H95N2O7P. The van der Waals surface area contributed by atoms with Gasteiger partial charge in [-0.15, -0.1) is 0 Å². The van der Waals surface area contributed by atoms with Crippen molar-refractivity contribution in [1.29, 1.82) is 0 Å². The highest BCUT2D eigenvalue weighted by atomic mass is 31.2. The Morgan fingerprint density at radius 3 is 1.33 bits per heavy atom. The number of carbonyl (C=O) groups is 2. The van der Waals surface area contributed by atoms with Crippen LogP contribution in [0.5, 0.6) is 0 Å². The number of unbranched alkanes of at least 4 members (excludes halogenated alkanes) is 24. The van der Waals surface area contributed by atoms with Crippen molar-refractivity contribution >= 4 is 19.7 Å². The van der Waals surface area contributed by atoms with E-state index >= 15 is 0 Å². The zero-order valence-electron chi connectivity index (χ0n) is 38.4. The Balaban J connectivity index is 4.29. The summed E-state index contributed by atoms with van der Waals surface area (Å²) in [5, 5.41) is 3.08. The van der Waals surface area contributed by atoms with Gasteiger partial charge in [0.25, 0.3) is 0 Å². The molecule has 0 amide bonds. The van der Waals surface area contributed by atoms with Crippen molar-refractivity contribution in [3.05, 3.63) is 0 Å². The second-order valence-corrected chi connectivity index (χ2v) is 18.7. The van der Waals surface area contributed by atoms with Crippen molar-refractivity contribution < 1.29 is 32.7 Å². The molecule has 10 heteroatoms. The van der Waals surface area contributed by atoms with Gasteiger partial charge in [0, 0.05) is 19.4 Å². The number of rotatable bonds is 46. The lowest BCUT2D eigenvalue weighted by atomic mass is 10.0. The van der Waals surface area contributed by atoms with Gasteiger partial charge in [-0.05, 0) is 84.8 Å². The Bertz CT molecular complexity index is 906. The van der Waals surface area contributed by atoms with Crippen LogP contribution in [0.1, 0.15) is 239 Å². The molecule has 0 aromatic carbocycles. The fourth-order valence-electron chi connectivity index (χ4n) is 7.04. The fraction of sp³-hybridized carbons (Fsp3) is 0.957. The molecule has 0 bridgehead atoms. The lowest BCUT2D eigenvalue weighted by molar-refractivity contribution is -0.150. The third kappa shape index (κ3) is 41.5. The molecule has 340 valence electrons. The molecule has 0 aromatic heterocycles. The summed E-state index contributed by atoms with van der Waals surface area (Å²) in [6.45, 7) is 9.51. The van der Waals surface area contributed by atoms with Gasteiger partial charge in [0.15, 0.2) is 0 Å². The molecule has 9 nitrogen and oxygen atoms in total. The smallest absolute Gasteiger partial charge is 0.405 e. The first kappa shape index (κ1) is 56.0. The highest BCUT2D eigenvalue weighted by Crippen LogP contribution is 2.44. The first-order chi connectivity index (χ1) is 27.8. The van der Waals surface area contributed by atoms with Crippen molar-refractivity contribution in [2.45, 2.75) is 245 Å². The summed E-state index contributed by atoms with van der Waals surface area (Å²) in [4.78, 5) is 26.9. The first-order valence-electron chi connectivity index (χ1n) is 24.4. The van der Waals surface area contributed by atoms with Crippen molar-refractivity contribution in [3.63, 3.8) is 0 Å². The summed E-state index contributed by atoms with van der Waals surface area (Å²) in [6.07, 6.45) is 36.8. The minimum atomic E-state index is -3.39. The second kappa shape index (κ2) is 43.1. The highest BCUT2D eigenvalue weighted by molar-refractivity contribution is 7.51. The van der Waals surface area contributed by atoms with Crippen LogP contribution in [0.15, 0.2) is 0 Å². The Morgan fingerprint density at radius 2 is 0.877 bits per heavy atom. The average molecular weight is 831 g/mol. The Hall–Kier alpha value is -0.990. The topological polar surface area (TPSA) is 103 Å². The monoisotopic (exact) mass is 831 g/mol. The van der Waals surface area contributed by atoms with E-state index in [0.717, 1.165) is 116 Å². The molecule has 1 N–H and O–H groups in total. The number of nitrogens with zero attached hydrogens (tertiary/aromatic N) is 1. The van der Waals surface area contributed by atoms with Crippen LogP contribution in [0.3, 0.4) is 0 Å². The zero-order valence-corrected chi connectivity index (χ0v) is 39.3. The van der Waals surface area contributed by atoms with Crippen molar-refractivity contribution in [1.82, 2.24) is 9.99 Å². The molecule has 1 atom stereocenters. The van der Waals surface area contributed by atoms with Crippen LogP contribution in [-0.4, -0.2) is 69.9 Å². The van der Waals surface area contributed by atoms with E-state index in [1.165, 1.54) is 96.3 Å². The van der Waals surface area contributed by atoms with Crippen molar-refractivity contribution in [3.8, 4) is 0 Å². The molecule has 0 aromatic rings. The largest absolute Gasteiger partial charge is 0.466 e. The molecule has 1 unspecified atom stereocenters. The minimum Gasteiger partial charge on any atom is -0.466 e.